The zero-order valence-electron chi connectivity index (χ0n) is 17.1. The van der Waals surface area contributed by atoms with Gasteiger partial charge in [0.2, 0.25) is 0 Å². The quantitative estimate of drug-likeness (QED) is 0.725. The van der Waals surface area contributed by atoms with E-state index in [0.29, 0.717) is 11.7 Å². The minimum atomic E-state index is -1.01. The summed E-state index contributed by atoms with van der Waals surface area (Å²) in [4.78, 5) is 8.14. The Morgan fingerprint density at radius 1 is 1.23 bits per heavy atom. The van der Waals surface area contributed by atoms with Crippen LogP contribution in [-0.4, -0.2) is 45.3 Å². The molecule has 3 aliphatic rings. The van der Waals surface area contributed by atoms with Gasteiger partial charge < -0.3 is 15.3 Å². The highest BCUT2D eigenvalue weighted by molar-refractivity contribution is 7.85. The van der Waals surface area contributed by atoms with Crippen LogP contribution in [0, 0.1) is 0 Å². The van der Waals surface area contributed by atoms with E-state index in [0.717, 1.165) is 78.7 Å². The van der Waals surface area contributed by atoms with E-state index >= 15 is 0 Å². The zero-order valence-corrected chi connectivity index (χ0v) is 18.6. The number of anilines is 2. The number of hydrogen-bond donors (Lipinski definition) is 2. The summed E-state index contributed by atoms with van der Waals surface area (Å²) in [5, 5.41) is 14.2. The minimum Gasteiger partial charge on any atom is -0.394 e. The molecule has 1 aromatic heterocycles. The van der Waals surface area contributed by atoms with Crippen LogP contribution in [0.25, 0.3) is 0 Å². The Bertz CT molecular complexity index is 948. The number of benzene rings is 1. The van der Waals surface area contributed by atoms with E-state index in [-0.39, 0.29) is 12.1 Å². The highest BCUT2D eigenvalue weighted by atomic mass is 35.5. The number of aryl methyl sites for hydroxylation is 1. The number of nitrogens with one attached hydrogen (secondary N) is 1. The lowest BCUT2D eigenvalue weighted by Crippen LogP contribution is -2.48. The third-order valence-electron chi connectivity index (χ3n) is 6.98. The number of aliphatic hydroxyl groups is 1. The summed E-state index contributed by atoms with van der Waals surface area (Å²) in [7, 11) is -1.01. The minimum absolute atomic E-state index is 0.0901. The van der Waals surface area contributed by atoms with E-state index in [9.17, 15) is 9.32 Å². The van der Waals surface area contributed by atoms with Crippen LogP contribution in [0.5, 0.6) is 0 Å². The van der Waals surface area contributed by atoms with Crippen molar-refractivity contribution in [3.63, 3.8) is 0 Å². The molecule has 0 radical (unpaired) electrons. The van der Waals surface area contributed by atoms with Crippen LogP contribution in [0.1, 0.15) is 49.1 Å². The van der Waals surface area contributed by atoms with E-state index < -0.39 is 10.8 Å². The SMILES string of the molecule is O=[S@@]1CCc2cc(N3CCC(c4ccc(Cl)cc4)CC3)nc(NC3(CO)CCC3)c21. The average molecular weight is 446 g/mol. The van der Waals surface area contributed by atoms with Crippen LogP contribution in [0.4, 0.5) is 11.6 Å². The number of halogens is 1. The molecule has 160 valence electrons. The summed E-state index contributed by atoms with van der Waals surface area (Å²) in [6.45, 7) is 1.99. The summed E-state index contributed by atoms with van der Waals surface area (Å²) in [5.41, 5.74) is 2.20. The predicted molar refractivity (Wildman–Crippen MR) is 122 cm³/mol. The van der Waals surface area contributed by atoms with Gasteiger partial charge in [0.15, 0.2) is 0 Å². The van der Waals surface area contributed by atoms with Gasteiger partial charge in [-0.25, -0.2) is 4.98 Å². The van der Waals surface area contributed by atoms with Crippen LogP contribution in [-0.2, 0) is 17.2 Å². The van der Waals surface area contributed by atoms with Crippen LogP contribution in [0.15, 0.2) is 35.2 Å². The molecule has 2 aliphatic heterocycles. The molecule has 1 saturated heterocycles. The first-order chi connectivity index (χ1) is 14.6. The Morgan fingerprint density at radius 3 is 2.60 bits per heavy atom. The highest BCUT2D eigenvalue weighted by Gasteiger charge is 2.38. The van der Waals surface area contributed by atoms with Crippen molar-refractivity contribution < 1.29 is 9.32 Å². The molecule has 0 amide bonds. The third kappa shape index (κ3) is 3.74. The number of aliphatic hydroxyl groups excluding tert-OH is 1. The summed E-state index contributed by atoms with van der Waals surface area (Å²) in [5.74, 6) is 2.91. The van der Waals surface area contributed by atoms with Crippen LogP contribution >= 0.6 is 11.6 Å². The summed E-state index contributed by atoms with van der Waals surface area (Å²) in [6, 6.07) is 10.4. The normalized spacial score (nSPS) is 23.1. The second-order valence-electron chi connectivity index (χ2n) is 8.85. The van der Waals surface area contributed by atoms with Gasteiger partial charge in [0.1, 0.15) is 11.6 Å². The molecule has 2 aromatic rings. The van der Waals surface area contributed by atoms with Gasteiger partial charge in [-0.05, 0) is 73.8 Å². The molecule has 2 fully saturated rings. The van der Waals surface area contributed by atoms with Gasteiger partial charge in [-0.15, -0.1) is 0 Å². The Hall–Kier alpha value is -1.63. The average Bonchev–Trinajstić information content (AvgIpc) is 3.12. The smallest absolute Gasteiger partial charge is 0.145 e. The van der Waals surface area contributed by atoms with Gasteiger partial charge in [0.05, 0.1) is 27.8 Å². The van der Waals surface area contributed by atoms with Crippen molar-refractivity contribution in [2.24, 2.45) is 0 Å². The molecule has 30 heavy (non-hydrogen) atoms. The van der Waals surface area contributed by atoms with Gasteiger partial charge in [-0.1, -0.05) is 23.7 Å². The van der Waals surface area contributed by atoms with Crippen molar-refractivity contribution in [1.29, 1.82) is 0 Å². The fraction of sp³-hybridized carbons (Fsp3) is 0.522. The summed E-state index contributed by atoms with van der Waals surface area (Å²) < 4.78 is 12.6. The van der Waals surface area contributed by atoms with E-state index in [2.05, 4.69) is 28.4 Å². The number of aromatic nitrogens is 1. The van der Waals surface area contributed by atoms with Crippen LogP contribution < -0.4 is 10.2 Å². The van der Waals surface area contributed by atoms with Crippen LogP contribution in [0.3, 0.4) is 0 Å². The molecule has 0 unspecified atom stereocenters. The maximum absolute atomic E-state index is 12.6. The lowest BCUT2D eigenvalue weighted by atomic mass is 9.77. The predicted octanol–water partition coefficient (Wildman–Crippen LogP) is 4.11. The Balaban J connectivity index is 1.37. The van der Waals surface area contributed by atoms with E-state index in [4.69, 9.17) is 16.6 Å². The molecule has 3 heterocycles. The molecule has 5 nitrogen and oxygen atoms in total. The van der Waals surface area contributed by atoms with Crippen molar-refractivity contribution >= 4 is 34.0 Å². The molecule has 1 saturated carbocycles. The van der Waals surface area contributed by atoms with Crippen molar-refractivity contribution in [2.75, 3.05) is 35.7 Å². The molecule has 1 aromatic carbocycles. The summed E-state index contributed by atoms with van der Waals surface area (Å²) in [6.07, 6.45) is 5.97. The first-order valence-corrected chi connectivity index (χ1v) is 12.6. The molecular weight excluding hydrogens is 418 g/mol. The Kier molecular flexibility index (Phi) is 5.50. The third-order valence-corrected chi connectivity index (χ3v) is 8.72. The Morgan fingerprint density at radius 2 is 1.97 bits per heavy atom. The largest absolute Gasteiger partial charge is 0.394 e. The molecule has 7 heteroatoms. The van der Waals surface area contributed by atoms with Crippen LogP contribution in [0.2, 0.25) is 5.02 Å². The van der Waals surface area contributed by atoms with E-state index in [1.54, 1.807) is 0 Å². The number of nitrogens with zero attached hydrogens (tertiary/aromatic N) is 2. The molecule has 0 spiro atoms. The number of hydrogen-bond acceptors (Lipinski definition) is 5. The van der Waals surface area contributed by atoms with E-state index in [1.807, 2.05) is 12.1 Å². The maximum Gasteiger partial charge on any atom is 0.145 e. The topological polar surface area (TPSA) is 65.5 Å². The van der Waals surface area contributed by atoms with Gasteiger partial charge in [0, 0.05) is 23.9 Å². The fourth-order valence-electron chi connectivity index (χ4n) is 4.92. The second-order valence-corrected chi connectivity index (χ2v) is 10.8. The number of piperidine rings is 1. The first-order valence-electron chi connectivity index (χ1n) is 10.9. The van der Waals surface area contributed by atoms with Gasteiger partial charge >= 0.3 is 0 Å². The first kappa shape index (κ1) is 20.3. The monoisotopic (exact) mass is 445 g/mol. The van der Waals surface area contributed by atoms with Gasteiger partial charge in [0.25, 0.3) is 0 Å². The van der Waals surface area contributed by atoms with Crippen molar-refractivity contribution in [3.8, 4) is 0 Å². The summed E-state index contributed by atoms with van der Waals surface area (Å²) >= 11 is 6.04. The second kappa shape index (κ2) is 8.13. The highest BCUT2D eigenvalue weighted by Crippen LogP contribution is 2.40. The van der Waals surface area contributed by atoms with Gasteiger partial charge in [-0.2, -0.15) is 0 Å². The molecule has 1 atom stereocenters. The number of rotatable bonds is 5. The molecule has 2 N–H and O–H groups in total. The fourth-order valence-corrected chi connectivity index (χ4v) is 6.42. The van der Waals surface area contributed by atoms with Crippen molar-refractivity contribution in [3.05, 3.63) is 46.5 Å². The standard InChI is InChI=1S/C23H28ClN3O2S/c24-19-4-2-16(3-5-19)17-6-11-27(12-7-17)20-14-18-8-13-30(29)21(18)22(25-20)26-23(15-28)9-1-10-23/h2-5,14,17,28H,1,6-13,15H2,(H,25,26)/t30-/m1/s1. The van der Waals surface area contributed by atoms with E-state index in [1.165, 1.54) is 5.56 Å². The maximum atomic E-state index is 12.6. The molecule has 5 rings (SSSR count). The molecule has 0 bridgehead atoms. The van der Waals surface area contributed by atoms with Crippen molar-refractivity contribution in [1.82, 2.24) is 4.98 Å². The lowest BCUT2D eigenvalue weighted by Gasteiger charge is -2.42. The molecule has 1 aliphatic carbocycles. The Labute approximate surface area is 185 Å². The molecular formula is C23H28ClN3O2S. The van der Waals surface area contributed by atoms with Gasteiger partial charge in [-0.3, -0.25) is 4.21 Å². The number of fused-ring (bicyclic) bond motifs is 1. The lowest BCUT2D eigenvalue weighted by molar-refractivity contribution is 0.143. The van der Waals surface area contributed by atoms with Crippen molar-refractivity contribution in [2.45, 2.75) is 54.9 Å². The number of pyridine rings is 1. The zero-order chi connectivity index (χ0) is 20.7.